The highest BCUT2D eigenvalue weighted by Gasteiger charge is 2.20. The predicted octanol–water partition coefficient (Wildman–Crippen LogP) is 1.84. The zero-order chi connectivity index (χ0) is 14.6. The molecule has 1 saturated heterocycles. The van der Waals surface area contributed by atoms with Gasteiger partial charge in [-0.2, -0.15) is 11.8 Å². The van der Waals surface area contributed by atoms with Crippen molar-refractivity contribution in [2.75, 3.05) is 25.1 Å². The fourth-order valence-electron chi connectivity index (χ4n) is 2.11. The van der Waals surface area contributed by atoms with E-state index >= 15 is 0 Å². The number of nitrogens with two attached hydrogens (primary N) is 1. The molecule has 1 aromatic rings. The molecule has 1 aromatic carbocycles. The van der Waals surface area contributed by atoms with Crippen LogP contribution in [-0.4, -0.2) is 33.1 Å². The van der Waals surface area contributed by atoms with Crippen LogP contribution in [0.1, 0.15) is 19.3 Å². The molecular formula is C13H20N2O3S2. The lowest BCUT2D eigenvalue weighted by molar-refractivity contribution is 0.415. The molecule has 5 nitrogen and oxygen atoms in total. The van der Waals surface area contributed by atoms with Crippen LogP contribution in [0.3, 0.4) is 0 Å². The van der Waals surface area contributed by atoms with Gasteiger partial charge in [0.15, 0.2) is 0 Å². The third-order valence-electron chi connectivity index (χ3n) is 3.29. The van der Waals surface area contributed by atoms with Crippen molar-refractivity contribution in [1.82, 2.24) is 4.72 Å². The van der Waals surface area contributed by atoms with E-state index in [2.05, 4.69) is 4.72 Å². The summed E-state index contributed by atoms with van der Waals surface area (Å²) >= 11 is 1.84. The molecule has 0 radical (unpaired) electrons. The molecule has 1 atom stereocenters. The van der Waals surface area contributed by atoms with Gasteiger partial charge < -0.3 is 10.5 Å². The number of nitrogen functional groups attached to an aromatic ring is 1. The van der Waals surface area contributed by atoms with Gasteiger partial charge in [-0.25, -0.2) is 13.1 Å². The maximum absolute atomic E-state index is 12.2. The van der Waals surface area contributed by atoms with Crippen LogP contribution in [0.4, 0.5) is 5.69 Å². The number of anilines is 1. The summed E-state index contributed by atoms with van der Waals surface area (Å²) in [5.74, 6) is 1.49. The summed E-state index contributed by atoms with van der Waals surface area (Å²) in [7, 11) is -2.04. The van der Waals surface area contributed by atoms with Gasteiger partial charge in [-0.1, -0.05) is 6.42 Å². The summed E-state index contributed by atoms with van der Waals surface area (Å²) in [6.45, 7) is 0.472. The second-order valence-corrected chi connectivity index (χ2v) is 7.92. The Labute approximate surface area is 124 Å². The SMILES string of the molecule is COc1cc(S(=O)(=O)NCC2CCCCS2)ccc1N. The lowest BCUT2D eigenvalue weighted by Crippen LogP contribution is -2.32. The third-order valence-corrected chi connectivity index (χ3v) is 6.11. The first-order valence-electron chi connectivity index (χ1n) is 6.58. The maximum Gasteiger partial charge on any atom is 0.240 e. The average molecular weight is 316 g/mol. The number of methoxy groups -OCH3 is 1. The Hall–Kier alpha value is -0.920. The standard InChI is InChI=1S/C13H20N2O3S2/c1-18-13-8-11(5-6-12(13)14)20(16,17)15-9-10-4-2-3-7-19-10/h5-6,8,10,15H,2-4,7,9,14H2,1H3. The highest BCUT2D eigenvalue weighted by atomic mass is 32.2. The van der Waals surface area contributed by atoms with Crippen molar-refractivity contribution in [2.45, 2.75) is 29.4 Å². The lowest BCUT2D eigenvalue weighted by Gasteiger charge is -2.21. The molecule has 0 aliphatic carbocycles. The van der Waals surface area contributed by atoms with Crippen molar-refractivity contribution in [3.63, 3.8) is 0 Å². The number of ether oxygens (including phenoxy) is 1. The fraction of sp³-hybridized carbons (Fsp3) is 0.538. The second-order valence-electron chi connectivity index (χ2n) is 4.74. The normalized spacial score (nSPS) is 19.8. The van der Waals surface area contributed by atoms with Crippen molar-refractivity contribution >= 4 is 27.5 Å². The Kier molecular flexibility index (Phi) is 5.17. The van der Waals surface area contributed by atoms with E-state index < -0.39 is 10.0 Å². The summed E-state index contributed by atoms with van der Waals surface area (Å²) in [5.41, 5.74) is 6.12. The van der Waals surface area contributed by atoms with Crippen molar-refractivity contribution in [2.24, 2.45) is 0 Å². The first-order valence-corrected chi connectivity index (χ1v) is 9.11. The van der Waals surface area contributed by atoms with Gasteiger partial charge in [0.2, 0.25) is 10.0 Å². The molecule has 1 aliphatic rings. The summed E-state index contributed by atoms with van der Waals surface area (Å²) < 4.78 is 32.2. The molecule has 0 spiro atoms. The van der Waals surface area contributed by atoms with E-state index in [4.69, 9.17) is 10.5 Å². The quantitative estimate of drug-likeness (QED) is 0.810. The summed E-state index contributed by atoms with van der Waals surface area (Å²) in [6, 6.07) is 4.49. The summed E-state index contributed by atoms with van der Waals surface area (Å²) in [5, 5.41) is 0.370. The Morgan fingerprint density at radius 2 is 2.25 bits per heavy atom. The first-order chi connectivity index (χ1) is 9.53. The molecule has 0 saturated carbocycles. The number of benzene rings is 1. The summed E-state index contributed by atoms with van der Waals surface area (Å²) in [6.07, 6.45) is 3.47. The van der Waals surface area contributed by atoms with Gasteiger partial charge in [0, 0.05) is 17.9 Å². The minimum absolute atomic E-state index is 0.185. The Bertz CT molecular complexity index is 555. The Morgan fingerprint density at radius 1 is 1.45 bits per heavy atom. The van der Waals surface area contributed by atoms with E-state index in [1.54, 1.807) is 6.07 Å². The first kappa shape index (κ1) is 15.5. The maximum atomic E-state index is 12.2. The third kappa shape index (κ3) is 3.80. The molecule has 2 rings (SSSR count). The number of nitrogens with one attached hydrogen (secondary N) is 1. The smallest absolute Gasteiger partial charge is 0.240 e. The molecule has 0 amide bonds. The van der Waals surface area contributed by atoms with Crippen molar-refractivity contribution in [3.05, 3.63) is 18.2 Å². The van der Waals surface area contributed by atoms with Crippen LogP contribution < -0.4 is 15.2 Å². The van der Waals surface area contributed by atoms with Crippen LogP contribution in [0.25, 0.3) is 0 Å². The molecule has 112 valence electrons. The van der Waals surface area contributed by atoms with Gasteiger partial charge >= 0.3 is 0 Å². The molecule has 1 aliphatic heterocycles. The van der Waals surface area contributed by atoms with Gasteiger partial charge in [-0.05, 0) is 30.7 Å². The molecule has 0 bridgehead atoms. The van der Waals surface area contributed by atoms with Crippen LogP contribution in [0, 0.1) is 0 Å². The Morgan fingerprint density at radius 3 is 2.90 bits per heavy atom. The van der Waals surface area contributed by atoms with Gasteiger partial charge in [0.05, 0.1) is 17.7 Å². The van der Waals surface area contributed by atoms with E-state index in [0.29, 0.717) is 23.2 Å². The fourth-order valence-corrected chi connectivity index (χ4v) is 4.55. The minimum Gasteiger partial charge on any atom is -0.495 e. The van der Waals surface area contributed by atoms with Gasteiger partial charge in [-0.15, -0.1) is 0 Å². The lowest BCUT2D eigenvalue weighted by atomic mass is 10.2. The van der Waals surface area contributed by atoms with Crippen molar-refractivity contribution < 1.29 is 13.2 Å². The molecule has 7 heteroatoms. The molecule has 20 heavy (non-hydrogen) atoms. The summed E-state index contributed by atoms with van der Waals surface area (Å²) in [4.78, 5) is 0.185. The minimum atomic E-state index is -3.51. The molecule has 1 heterocycles. The predicted molar refractivity (Wildman–Crippen MR) is 82.7 cm³/mol. The van der Waals surface area contributed by atoms with E-state index in [0.717, 1.165) is 12.2 Å². The number of hydrogen-bond acceptors (Lipinski definition) is 5. The largest absolute Gasteiger partial charge is 0.495 e. The van der Waals surface area contributed by atoms with E-state index in [1.807, 2.05) is 11.8 Å². The zero-order valence-corrected chi connectivity index (χ0v) is 13.1. The van der Waals surface area contributed by atoms with Gasteiger partial charge in [0.25, 0.3) is 0 Å². The van der Waals surface area contributed by atoms with Crippen molar-refractivity contribution in [3.8, 4) is 5.75 Å². The van der Waals surface area contributed by atoms with E-state index in [-0.39, 0.29) is 4.90 Å². The monoisotopic (exact) mass is 316 g/mol. The molecule has 1 fully saturated rings. The topological polar surface area (TPSA) is 81.4 Å². The molecule has 0 aromatic heterocycles. The number of thioether (sulfide) groups is 1. The highest BCUT2D eigenvalue weighted by Crippen LogP contribution is 2.26. The number of sulfonamides is 1. The Balaban J connectivity index is 2.05. The number of rotatable bonds is 5. The van der Waals surface area contributed by atoms with E-state index in [1.165, 1.54) is 32.1 Å². The van der Waals surface area contributed by atoms with Crippen LogP contribution in [0.15, 0.2) is 23.1 Å². The van der Waals surface area contributed by atoms with E-state index in [9.17, 15) is 8.42 Å². The van der Waals surface area contributed by atoms with Crippen LogP contribution in [0.5, 0.6) is 5.75 Å². The molecule has 3 N–H and O–H groups in total. The van der Waals surface area contributed by atoms with Crippen LogP contribution in [-0.2, 0) is 10.0 Å². The van der Waals surface area contributed by atoms with Gasteiger partial charge in [-0.3, -0.25) is 0 Å². The average Bonchev–Trinajstić information content (AvgIpc) is 2.46. The second kappa shape index (κ2) is 6.69. The molecule has 1 unspecified atom stereocenters. The van der Waals surface area contributed by atoms with Crippen LogP contribution >= 0.6 is 11.8 Å². The van der Waals surface area contributed by atoms with Crippen molar-refractivity contribution in [1.29, 1.82) is 0 Å². The highest BCUT2D eigenvalue weighted by molar-refractivity contribution is 8.00. The van der Waals surface area contributed by atoms with Gasteiger partial charge in [0.1, 0.15) is 5.75 Å². The number of hydrogen-bond donors (Lipinski definition) is 2. The zero-order valence-electron chi connectivity index (χ0n) is 11.5. The molecular weight excluding hydrogens is 296 g/mol. The van der Waals surface area contributed by atoms with Crippen LogP contribution in [0.2, 0.25) is 0 Å².